The third-order valence-corrected chi connectivity index (χ3v) is 2.85. The molecule has 5 nitrogen and oxygen atoms in total. The summed E-state index contributed by atoms with van der Waals surface area (Å²) in [6.07, 6.45) is 1.80. The molecule has 1 heterocycles. The van der Waals surface area contributed by atoms with Gasteiger partial charge in [-0.3, -0.25) is 9.79 Å². The van der Waals surface area contributed by atoms with Crippen molar-refractivity contribution in [3.63, 3.8) is 0 Å². The topological polar surface area (TPSA) is 78.9 Å². The number of aliphatic imine (C=N–C) groups is 1. The molecule has 1 aliphatic heterocycles. The highest BCUT2D eigenvalue weighted by atomic mass is 16.4. The largest absolute Gasteiger partial charge is 0.481 e. The summed E-state index contributed by atoms with van der Waals surface area (Å²) in [6.45, 7) is 1.79. The fourth-order valence-corrected chi connectivity index (χ4v) is 1.85. The Bertz CT molecular complexity index is 428. The SMILES string of the molecule is NCC(C(=O)O)c1ccc(N2C=NCC2)cc1. The molecule has 3 N–H and O–H groups in total. The van der Waals surface area contributed by atoms with Crippen molar-refractivity contribution < 1.29 is 9.90 Å². The predicted octanol–water partition coefficient (Wildman–Crippen LogP) is 0.662. The van der Waals surface area contributed by atoms with E-state index < -0.39 is 11.9 Å². The highest BCUT2D eigenvalue weighted by Gasteiger charge is 2.18. The van der Waals surface area contributed by atoms with Crippen molar-refractivity contribution in [3.8, 4) is 0 Å². The van der Waals surface area contributed by atoms with Crippen LogP contribution < -0.4 is 10.6 Å². The maximum atomic E-state index is 11.0. The Morgan fingerprint density at radius 3 is 2.65 bits per heavy atom. The van der Waals surface area contributed by atoms with Gasteiger partial charge in [0.1, 0.15) is 0 Å². The highest BCUT2D eigenvalue weighted by Crippen LogP contribution is 2.20. The average molecular weight is 233 g/mol. The molecule has 2 rings (SSSR count). The molecule has 17 heavy (non-hydrogen) atoms. The Kier molecular flexibility index (Phi) is 3.39. The summed E-state index contributed by atoms with van der Waals surface area (Å²) in [5, 5.41) is 9.00. The number of aliphatic carboxylic acids is 1. The molecule has 1 aromatic carbocycles. The molecule has 0 saturated carbocycles. The first-order valence-corrected chi connectivity index (χ1v) is 5.52. The number of hydrogen-bond acceptors (Lipinski definition) is 4. The highest BCUT2D eigenvalue weighted by molar-refractivity contribution is 5.81. The van der Waals surface area contributed by atoms with Crippen molar-refractivity contribution in [1.82, 2.24) is 0 Å². The lowest BCUT2D eigenvalue weighted by molar-refractivity contribution is -0.138. The number of carbonyl (C=O) groups is 1. The van der Waals surface area contributed by atoms with Crippen LogP contribution in [0.1, 0.15) is 11.5 Å². The van der Waals surface area contributed by atoms with E-state index in [1.165, 1.54) is 0 Å². The zero-order valence-corrected chi connectivity index (χ0v) is 9.41. The predicted molar refractivity (Wildman–Crippen MR) is 66.6 cm³/mol. The minimum atomic E-state index is -0.886. The second kappa shape index (κ2) is 4.97. The van der Waals surface area contributed by atoms with Crippen LogP contribution in [0.15, 0.2) is 29.3 Å². The number of benzene rings is 1. The van der Waals surface area contributed by atoms with Crippen molar-refractivity contribution in [2.45, 2.75) is 5.92 Å². The molecule has 0 fully saturated rings. The van der Waals surface area contributed by atoms with Crippen LogP contribution in [-0.2, 0) is 4.79 Å². The molecule has 0 bridgehead atoms. The number of anilines is 1. The van der Waals surface area contributed by atoms with Gasteiger partial charge in [0, 0.05) is 18.8 Å². The summed E-state index contributed by atoms with van der Waals surface area (Å²) in [5.74, 6) is -1.51. The van der Waals surface area contributed by atoms with E-state index in [1.54, 1.807) is 6.34 Å². The Morgan fingerprint density at radius 2 is 2.18 bits per heavy atom. The van der Waals surface area contributed by atoms with E-state index in [1.807, 2.05) is 29.2 Å². The van der Waals surface area contributed by atoms with Crippen LogP contribution in [0.4, 0.5) is 5.69 Å². The molecular weight excluding hydrogens is 218 g/mol. The minimum Gasteiger partial charge on any atom is -0.481 e. The van der Waals surface area contributed by atoms with Crippen LogP contribution in [0.3, 0.4) is 0 Å². The standard InChI is InChI=1S/C12H15N3O2/c13-7-11(12(16)17)9-1-3-10(4-2-9)15-6-5-14-8-15/h1-4,8,11H,5-7,13H2,(H,16,17). The van der Waals surface area contributed by atoms with Gasteiger partial charge in [-0.2, -0.15) is 0 Å². The van der Waals surface area contributed by atoms with Gasteiger partial charge in [0.25, 0.3) is 0 Å². The first-order chi connectivity index (χ1) is 8.22. The van der Waals surface area contributed by atoms with Crippen LogP contribution >= 0.6 is 0 Å². The van der Waals surface area contributed by atoms with Crippen molar-refractivity contribution >= 4 is 18.0 Å². The van der Waals surface area contributed by atoms with Gasteiger partial charge in [-0.15, -0.1) is 0 Å². The Hall–Kier alpha value is -1.88. The summed E-state index contributed by atoms with van der Waals surface area (Å²) in [5.41, 5.74) is 7.21. The van der Waals surface area contributed by atoms with Crippen LogP contribution in [0.5, 0.6) is 0 Å². The van der Waals surface area contributed by atoms with Gasteiger partial charge in [0.05, 0.1) is 18.8 Å². The number of rotatable bonds is 4. The number of carboxylic acids is 1. The van der Waals surface area contributed by atoms with Gasteiger partial charge >= 0.3 is 5.97 Å². The number of nitrogens with two attached hydrogens (primary N) is 1. The lowest BCUT2D eigenvalue weighted by Gasteiger charge is -2.15. The smallest absolute Gasteiger partial charge is 0.312 e. The summed E-state index contributed by atoms with van der Waals surface area (Å²) < 4.78 is 0. The lowest BCUT2D eigenvalue weighted by atomic mass is 9.99. The molecule has 0 saturated heterocycles. The van der Waals surface area contributed by atoms with E-state index in [0.717, 1.165) is 24.3 Å². The molecule has 1 aliphatic rings. The zero-order chi connectivity index (χ0) is 12.3. The summed E-state index contributed by atoms with van der Waals surface area (Å²) in [6, 6.07) is 7.43. The van der Waals surface area contributed by atoms with Gasteiger partial charge in [0.15, 0.2) is 0 Å². The van der Waals surface area contributed by atoms with Crippen LogP contribution in [0, 0.1) is 0 Å². The third-order valence-electron chi connectivity index (χ3n) is 2.85. The molecule has 1 atom stereocenters. The normalized spacial score (nSPS) is 16.2. The van der Waals surface area contributed by atoms with Crippen molar-refractivity contribution in [2.75, 3.05) is 24.5 Å². The first-order valence-electron chi connectivity index (χ1n) is 5.52. The van der Waals surface area contributed by atoms with E-state index in [0.29, 0.717) is 0 Å². The summed E-state index contributed by atoms with van der Waals surface area (Å²) >= 11 is 0. The molecule has 0 aliphatic carbocycles. The van der Waals surface area contributed by atoms with E-state index >= 15 is 0 Å². The van der Waals surface area contributed by atoms with Gasteiger partial charge in [-0.1, -0.05) is 12.1 Å². The maximum Gasteiger partial charge on any atom is 0.312 e. The molecular formula is C12H15N3O2. The van der Waals surface area contributed by atoms with Crippen LogP contribution in [0.2, 0.25) is 0 Å². The molecule has 1 aromatic rings. The molecule has 0 spiro atoms. The van der Waals surface area contributed by atoms with Gasteiger partial charge in [-0.05, 0) is 17.7 Å². The fourth-order valence-electron chi connectivity index (χ4n) is 1.85. The Balaban J connectivity index is 2.17. The van der Waals surface area contributed by atoms with Crippen LogP contribution in [0.25, 0.3) is 0 Å². The van der Waals surface area contributed by atoms with E-state index in [9.17, 15) is 4.79 Å². The second-order valence-corrected chi connectivity index (χ2v) is 3.93. The zero-order valence-electron chi connectivity index (χ0n) is 9.41. The van der Waals surface area contributed by atoms with Gasteiger partial charge in [-0.25, -0.2) is 0 Å². The monoisotopic (exact) mass is 233 g/mol. The van der Waals surface area contributed by atoms with Gasteiger partial charge < -0.3 is 15.7 Å². The van der Waals surface area contributed by atoms with E-state index in [2.05, 4.69) is 4.99 Å². The number of carboxylic acid groups (broad SMARTS) is 1. The van der Waals surface area contributed by atoms with Crippen LogP contribution in [-0.4, -0.2) is 37.0 Å². The Labute approximate surface area is 99.6 Å². The minimum absolute atomic E-state index is 0.111. The van der Waals surface area contributed by atoms with E-state index in [4.69, 9.17) is 10.8 Å². The average Bonchev–Trinajstić information content (AvgIpc) is 2.84. The maximum absolute atomic E-state index is 11.0. The first kappa shape index (κ1) is 11.6. The third kappa shape index (κ3) is 2.45. The van der Waals surface area contributed by atoms with Crippen molar-refractivity contribution in [2.24, 2.45) is 10.7 Å². The van der Waals surface area contributed by atoms with Gasteiger partial charge in [0.2, 0.25) is 0 Å². The lowest BCUT2D eigenvalue weighted by Crippen LogP contribution is -2.21. The molecule has 1 unspecified atom stereocenters. The van der Waals surface area contributed by atoms with E-state index in [-0.39, 0.29) is 6.54 Å². The second-order valence-electron chi connectivity index (χ2n) is 3.93. The summed E-state index contributed by atoms with van der Waals surface area (Å²) in [4.78, 5) is 17.1. The molecule has 5 heteroatoms. The summed E-state index contributed by atoms with van der Waals surface area (Å²) in [7, 11) is 0. The quantitative estimate of drug-likeness (QED) is 0.800. The van der Waals surface area contributed by atoms with Crippen molar-refractivity contribution in [1.29, 1.82) is 0 Å². The van der Waals surface area contributed by atoms with Crippen molar-refractivity contribution in [3.05, 3.63) is 29.8 Å². The fraction of sp³-hybridized carbons (Fsp3) is 0.333. The number of nitrogens with zero attached hydrogens (tertiary/aromatic N) is 2. The Morgan fingerprint density at radius 1 is 1.47 bits per heavy atom. The molecule has 0 radical (unpaired) electrons. The number of hydrogen-bond donors (Lipinski definition) is 2. The molecule has 0 amide bonds. The molecule has 0 aromatic heterocycles. The molecule has 90 valence electrons.